The number of phenols is 2. The second-order valence-electron chi connectivity index (χ2n) is 21.5. The Kier molecular flexibility index (Phi) is 20.5. The highest BCUT2D eigenvalue weighted by Gasteiger charge is 2.20. The number of phenolic OH excluding ortho intramolecular Hbond substituents is 2. The number of aliphatic carboxylic acids is 1. The minimum atomic E-state index is -3.83. The first-order valence-corrected chi connectivity index (χ1v) is 30.3. The maximum absolute atomic E-state index is 12.4. The summed E-state index contributed by atoms with van der Waals surface area (Å²) in [5.74, 6) is 2.06. The van der Waals surface area contributed by atoms with E-state index in [0.717, 1.165) is 81.6 Å². The number of carbonyl (C=O) groups is 1. The molecule has 0 spiro atoms. The van der Waals surface area contributed by atoms with E-state index >= 15 is 0 Å². The number of likely N-dealkylation sites (tertiary alicyclic amines) is 1. The molecule has 14 heteroatoms. The van der Waals surface area contributed by atoms with Crippen molar-refractivity contribution in [3.05, 3.63) is 227 Å². The summed E-state index contributed by atoms with van der Waals surface area (Å²) in [6, 6.07) is 60.8. The van der Waals surface area contributed by atoms with Crippen LogP contribution in [0.2, 0.25) is 0 Å². The minimum absolute atomic E-state index is 0.0779. The van der Waals surface area contributed by atoms with Gasteiger partial charge in [0.1, 0.15) is 55.2 Å². The lowest BCUT2D eigenvalue weighted by Gasteiger charge is -2.19. The lowest BCUT2D eigenvalue weighted by molar-refractivity contribution is -0.134. The number of ether oxygens (including phenoxy) is 3. The number of rotatable bonds is 19. The van der Waals surface area contributed by atoms with Gasteiger partial charge in [-0.2, -0.15) is 8.42 Å². The van der Waals surface area contributed by atoms with Crippen LogP contribution in [-0.2, 0) is 38.8 Å². The van der Waals surface area contributed by atoms with Crippen LogP contribution in [0.25, 0.3) is 44.3 Å². The van der Waals surface area contributed by atoms with Crippen LogP contribution in [0, 0.1) is 27.7 Å². The smallest absolute Gasteiger partial charge is 0.300 e. The lowest BCUT2D eigenvalue weighted by Crippen LogP contribution is -2.29. The normalized spacial score (nSPS) is 12.6. The molecule has 0 amide bonds. The molecular formula is C71H75N3O10S. The van der Waals surface area contributed by atoms with E-state index in [2.05, 4.69) is 102 Å². The number of benzene rings is 8. The van der Waals surface area contributed by atoms with E-state index < -0.39 is 16.1 Å². The Hall–Kier alpha value is -8.82. The molecule has 2 aromatic heterocycles. The number of aromatic nitrogens is 2. The fraction of sp³-hybridized carbons (Fsp3) is 0.254. The molecule has 8 aromatic carbocycles. The summed E-state index contributed by atoms with van der Waals surface area (Å²) in [6.45, 7) is 15.4. The summed E-state index contributed by atoms with van der Waals surface area (Å²) < 4.78 is 52.6. The van der Waals surface area contributed by atoms with Crippen LogP contribution in [0.4, 0.5) is 0 Å². The Morgan fingerprint density at radius 3 is 1.53 bits per heavy atom. The topological polar surface area (TPSA) is 162 Å². The molecule has 10 aromatic rings. The number of aryl methyl sites for hydroxylation is 4. The molecule has 0 bridgehead atoms. The van der Waals surface area contributed by atoms with Crippen molar-refractivity contribution in [2.24, 2.45) is 0 Å². The highest BCUT2D eigenvalue weighted by atomic mass is 32.2. The van der Waals surface area contributed by atoms with Gasteiger partial charge in [0, 0.05) is 48.4 Å². The van der Waals surface area contributed by atoms with Gasteiger partial charge in [-0.15, -0.1) is 0 Å². The van der Waals surface area contributed by atoms with Gasteiger partial charge >= 0.3 is 0 Å². The van der Waals surface area contributed by atoms with Crippen LogP contribution in [0.1, 0.15) is 71.6 Å². The predicted molar refractivity (Wildman–Crippen MR) is 338 cm³/mol. The number of carboxylic acids is 1. The summed E-state index contributed by atoms with van der Waals surface area (Å²) in [4.78, 5) is 11.7. The average Bonchev–Trinajstić information content (AvgIpc) is 1.83. The Labute approximate surface area is 499 Å². The first-order chi connectivity index (χ1) is 41.1. The number of carboxylic acid groups (broad SMARTS) is 1. The van der Waals surface area contributed by atoms with Crippen molar-refractivity contribution >= 4 is 37.9 Å². The molecule has 13 nitrogen and oxygen atoms in total. The molecule has 3 N–H and O–H groups in total. The summed E-state index contributed by atoms with van der Waals surface area (Å²) in [5, 5.41) is 29.5. The molecular weight excluding hydrogens is 1090 g/mol. The zero-order chi connectivity index (χ0) is 59.9. The minimum Gasteiger partial charge on any atom is -0.508 e. The predicted octanol–water partition coefficient (Wildman–Crippen LogP) is 15.1. The molecule has 1 fully saturated rings. The molecule has 1 saturated heterocycles. The van der Waals surface area contributed by atoms with E-state index in [9.17, 15) is 18.6 Å². The molecule has 0 unspecified atom stereocenters. The second kappa shape index (κ2) is 28.6. The van der Waals surface area contributed by atoms with Gasteiger partial charge in [0.2, 0.25) is 0 Å². The summed E-state index contributed by atoms with van der Waals surface area (Å²) in [6.07, 6.45) is 5.30. The second-order valence-corrected chi connectivity index (χ2v) is 23.2. The van der Waals surface area contributed by atoms with Crippen molar-refractivity contribution in [3.63, 3.8) is 0 Å². The van der Waals surface area contributed by atoms with Gasteiger partial charge in [-0.05, 0) is 208 Å². The van der Waals surface area contributed by atoms with Crippen LogP contribution >= 0.6 is 0 Å². The van der Waals surface area contributed by atoms with Crippen LogP contribution in [0.3, 0.4) is 0 Å². The Morgan fingerprint density at radius 2 is 0.965 bits per heavy atom. The van der Waals surface area contributed by atoms with Gasteiger partial charge in [-0.25, -0.2) is 0 Å². The number of nitrogens with zero attached hydrogens (tertiary/aromatic N) is 3. The first kappa shape index (κ1) is 60.8. The third kappa shape index (κ3) is 16.3. The zero-order valence-electron chi connectivity index (χ0n) is 49.0. The van der Waals surface area contributed by atoms with Crippen LogP contribution in [-0.4, -0.2) is 83.2 Å². The summed E-state index contributed by atoms with van der Waals surface area (Å²) in [7, 11) is -3.83. The van der Waals surface area contributed by atoms with Crippen molar-refractivity contribution in [1.29, 1.82) is 0 Å². The SMILES string of the molecule is CC(=O)O.Cc1c(-c2ccc(O)cc2)n(Cc2ccc(OCCN3CCCCCC3)cc2)c2ccc(O)cc12.Cc1ccc(S(=O)(=O)OCCOc2ccc(Cn3c(-c4ccc(OCc5ccccc5)cc4)c(C)c4cc(C)ccc43)cc2)cc1. The zero-order valence-corrected chi connectivity index (χ0v) is 49.9. The van der Waals surface area contributed by atoms with Crippen molar-refractivity contribution in [3.8, 4) is 51.3 Å². The van der Waals surface area contributed by atoms with Gasteiger partial charge in [-0.3, -0.25) is 13.9 Å². The fourth-order valence-corrected chi connectivity index (χ4v) is 11.7. The van der Waals surface area contributed by atoms with Gasteiger partial charge in [0.25, 0.3) is 16.1 Å². The number of fused-ring (bicyclic) bond motifs is 2. The van der Waals surface area contributed by atoms with E-state index in [4.69, 9.17) is 28.3 Å². The molecule has 0 aliphatic carbocycles. The van der Waals surface area contributed by atoms with Crippen LogP contribution < -0.4 is 14.2 Å². The molecule has 0 radical (unpaired) electrons. The largest absolute Gasteiger partial charge is 0.508 e. The first-order valence-electron chi connectivity index (χ1n) is 28.9. The Morgan fingerprint density at radius 1 is 0.494 bits per heavy atom. The van der Waals surface area contributed by atoms with Gasteiger partial charge < -0.3 is 38.7 Å². The highest BCUT2D eigenvalue weighted by molar-refractivity contribution is 7.86. The van der Waals surface area contributed by atoms with Crippen molar-refractivity contribution in [1.82, 2.24) is 14.0 Å². The molecule has 1 aliphatic rings. The molecule has 3 heterocycles. The highest BCUT2D eigenvalue weighted by Crippen LogP contribution is 2.38. The van der Waals surface area contributed by atoms with E-state index in [-0.39, 0.29) is 29.6 Å². The molecule has 11 rings (SSSR count). The van der Waals surface area contributed by atoms with Gasteiger partial charge in [-0.1, -0.05) is 96.8 Å². The van der Waals surface area contributed by atoms with E-state index in [1.54, 1.807) is 42.5 Å². The van der Waals surface area contributed by atoms with Crippen molar-refractivity contribution in [2.45, 2.75) is 84.9 Å². The molecule has 0 saturated carbocycles. The lowest BCUT2D eigenvalue weighted by atomic mass is 10.1. The Bertz CT molecular complexity index is 3900. The number of hydrogen-bond acceptors (Lipinski definition) is 10. The van der Waals surface area contributed by atoms with Gasteiger partial charge in [0.05, 0.1) is 16.3 Å². The van der Waals surface area contributed by atoms with Gasteiger partial charge in [0.15, 0.2) is 0 Å². The fourth-order valence-electron chi connectivity index (χ4n) is 10.8. The van der Waals surface area contributed by atoms with Crippen LogP contribution in [0.5, 0.6) is 28.7 Å². The third-order valence-corrected chi connectivity index (χ3v) is 16.4. The van der Waals surface area contributed by atoms with E-state index in [1.807, 2.05) is 85.8 Å². The molecule has 1 aliphatic heterocycles. The van der Waals surface area contributed by atoms with E-state index in [1.165, 1.54) is 72.1 Å². The number of aromatic hydroxyl groups is 2. The quantitative estimate of drug-likeness (QED) is 0.0522. The number of hydrogen-bond donors (Lipinski definition) is 3. The third-order valence-electron chi connectivity index (χ3n) is 15.1. The molecule has 85 heavy (non-hydrogen) atoms. The maximum atomic E-state index is 12.4. The average molecular weight is 1160 g/mol. The maximum Gasteiger partial charge on any atom is 0.300 e. The standard InChI is InChI=1S/C39H37NO5S.C30H34N2O3.C2H4O2/c1-28-9-20-36(21-10-28)46(41,42)45-24-23-43-34-16-12-31(13-17-34)26-40-38-22-11-29(2)25-37(38)30(3)39(40)33-14-18-35(19-15-33)44-27-32-7-5-4-6-8-32;1-22-28-20-26(34)12-15-29(28)32(30(22)24-8-10-25(33)11-9-24)21-23-6-13-27(14-7-23)35-19-18-31-16-4-2-3-5-17-31;1-2(3)4/h4-22,25H,23-24,26-27H2,1-3H3;6-15,20,33-34H,2-5,16-19,21H2,1H3;1H3,(H,3,4). The molecule has 440 valence electrons. The van der Waals surface area contributed by atoms with Crippen molar-refractivity contribution in [2.75, 3.05) is 39.5 Å². The molecule has 0 atom stereocenters. The van der Waals surface area contributed by atoms with Crippen molar-refractivity contribution < 1.29 is 46.9 Å². The summed E-state index contributed by atoms with van der Waals surface area (Å²) >= 11 is 0. The van der Waals surface area contributed by atoms with Crippen LogP contribution in [0.15, 0.2) is 193 Å². The monoisotopic (exact) mass is 1160 g/mol. The summed E-state index contributed by atoms with van der Waals surface area (Å²) in [5.41, 5.74) is 14.6. The Balaban J connectivity index is 0.000000198. The van der Waals surface area contributed by atoms with E-state index in [0.29, 0.717) is 25.4 Å².